The van der Waals surface area contributed by atoms with Crippen molar-refractivity contribution in [3.63, 3.8) is 0 Å². The molecule has 84 valence electrons. The highest BCUT2D eigenvalue weighted by molar-refractivity contribution is 5.86. The predicted molar refractivity (Wildman–Crippen MR) is 55.7 cm³/mol. The topological polar surface area (TPSA) is 71.3 Å². The third kappa shape index (κ3) is 2.93. The Morgan fingerprint density at radius 1 is 1.40 bits per heavy atom. The molecular weight excluding hydrogens is 196 g/mol. The van der Waals surface area contributed by atoms with Gasteiger partial charge in [-0.15, -0.1) is 0 Å². The zero-order chi connectivity index (χ0) is 11.6. The molecule has 6 heteroatoms. The largest absolute Gasteiger partial charge is 0.337 e. The quantitative estimate of drug-likeness (QED) is 0.765. The highest BCUT2D eigenvalue weighted by Gasteiger charge is 2.22. The lowest BCUT2D eigenvalue weighted by atomic mass is 9.97. The van der Waals surface area contributed by atoms with Crippen LogP contribution in [-0.4, -0.2) is 35.2 Å². The van der Waals surface area contributed by atoms with E-state index in [2.05, 4.69) is 15.5 Å². The molecule has 0 atom stereocenters. The van der Waals surface area contributed by atoms with Gasteiger partial charge in [-0.3, -0.25) is 5.32 Å². The van der Waals surface area contributed by atoms with Gasteiger partial charge in [-0.05, 0) is 5.16 Å². The summed E-state index contributed by atoms with van der Waals surface area (Å²) >= 11 is 0. The molecule has 1 rings (SSSR count). The normalized spacial score (nSPS) is 11.3. The first kappa shape index (κ1) is 11.5. The van der Waals surface area contributed by atoms with E-state index in [4.69, 9.17) is 4.52 Å². The van der Waals surface area contributed by atoms with Crippen LogP contribution in [0.5, 0.6) is 0 Å². The van der Waals surface area contributed by atoms with Gasteiger partial charge in [0.05, 0.1) is 0 Å². The van der Waals surface area contributed by atoms with Crippen molar-refractivity contribution >= 4 is 12.0 Å². The first-order chi connectivity index (χ1) is 6.80. The Balaban J connectivity index is 2.73. The van der Waals surface area contributed by atoms with E-state index in [0.29, 0.717) is 5.89 Å². The molecule has 15 heavy (non-hydrogen) atoms. The number of anilines is 1. The summed E-state index contributed by atoms with van der Waals surface area (Å²) in [6.45, 7) is 5.87. The molecule has 0 saturated heterocycles. The average molecular weight is 212 g/mol. The molecule has 0 aliphatic rings. The van der Waals surface area contributed by atoms with Gasteiger partial charge in [-0.1, -0.05) is 20.8 Å². The van der Waals surface area contributed by atoms with Crippen molar-refractivity contribution in [1.29, 1.82) is 0 Å². The number of carbonyl (C=O) groups is 1. The van der Waals surface area contributed by atoms with Crippen LogP contribution in [0.3, 0.4) is 0 Å². The maximum Gasteiger partial charge on any atom is 0.323 e. The number of hydrogen-bond acceptors (Lipinski definition) is 4. The van der Waals surface area contributed by atoms with E-state index in [1.807, 2.05) is 20.8 Å². The van der Waals surface area contributed by atoms with Gasteiger partial charge in [0.1, 0.15) is 0 Å². The number of rotatable bonds is 1. The van der Waals surface area contributed by atoms with Gasteiger partial charge in [-0.2, -0.15) is 4.98 Å². The lowest BCUT2D eigenvalue weighted by molar-refractivity contribution is 0.230. The summed E-state index contributed by atoms with van der Waals surface area (Å²) in [5.74, 6) is 0.690. The predicted octanol–water partition coefficient (Wildman–Crippen LogP) is 1.46. The van der Waals surface area contributed by atoms with Crippen LogP contribution in [0.1, 0.15) is 26.7 Å². The molecule has 0 spiro atoms. The minimum Gasteiger partial charge on any atom is -0.337 e. The van der Waals surface area contributed by atoms with Gasteiger partial charge in [0.2, 0.25) is 5.89 Å². The van der Waals surface area contributed by atoms with Crippen molar-refractivity contribution < 1.29 is 9.32 Å². The Labute approximate surface area is 88.6 Å². The van der Waals surface area contributed by atoms with Gasteiger partial charge in [0.25, 0.3) is 5.95 Å². The fraction of sp³-hybridized carbons (Fsp3) is 0.667. The summed E-state index contributed by atoms with van der Waals surface area (Å²) in [5.41, 5.74) is -0.214. The lowest BCUT2D eigenvalue weighted by Gasteiger charge is -2.10. The standard InChI is InChI=1S/C9H16N4O2/c1-9(2,3)6-10-7(12-15-6)11-8(14)13(4)5/h1-5H3,(H,11,12,14). The van der Waals surface area contributed by atoms with E-state index >= 15 is 0 Å². The SMILES string of the molecule is CN(C)C(=O)Nc1noc(C(C)(C)C)n1. The molecular formula is C9H16N4O2. The van der Waals surface area contributed by atoms with Crippen LogP contribution in [0.15, 0.2) is 4.52 Å². The summed E-state index contributed by atoms with van der Waals surface area (Å²) < 4.78 is 5.02. The van der Waals surface area contributed by atoms with Crippen molar-refractivity contribution in [3.05, 3.63) is 5.89 Å². The smallest absolute Gasteiger partial charge is 0.323 e. The zero-order valence-electron chi connectivity index (χ0n) is 9.66. The zero-order valence-corrected chi connectivity index (χ0v) is 9.66. The second-order valence-electron chi connectivity index (χ2n) is 4.50. The van der Waals surface area contributed by atoms with Crippen LogP contribution in [0.25, 0.3) is 0 Å². The van der Waals surface area contributed by atoms with E-state index in [9.17, 15) is 4.79 Å². The second kappa shape index (κ2) is 3.88. The average Bonchev–Trinajstić information content (AvgIpc) is 2.51. The molecule has 6 nitrogen and oxygen atoms in total. The summed E-state index contributed by atoms with van der Waals surface area (Å²) in [4.78, 5) is 16.7. The number of carbonyl (C=O) groups excluding carboxylic acids is 1. The first-order valence-corrected chi connectivity index (χ1v) is 4.63. The van der Waals surface area contributed by atoms with Crippen LogP contribution in [0.4, 0.5) is 10.7 Å². The van der Waals surface area contributed by atoms with E-state index in [1.54, 1.807) is 14.1 Å². The molecule has 1 aromatic heterocycles. The van der Waals surface area contributed by atoms with E-state index in [1.165, 1.54) is 4.90 Å². The highest BCUT2D eigenvalue weighted by atomic mass is 16.5. The van der Waals surface area contributed by atoms with E-state index < -0.39 is 0 Å². The Morgan fingerprint density at radius 2 is 2.00 bits per heavy atom. The Bertz CT molecular complexity index is 351. The van der Waals surface area contributed by atoms with Gasteiger partial charge in [0.15, 0.2) is 0 Å². The third-order valence-corrected chi connectivity index (χ3v) is 1.69. The van der Waals surface area contributed by atoms with Gasteiger partial charge < -0.3 is 9.42 Å². The maximum absolute atomic E-state index is 11.3. The molecule has 0 radical (unpaired) electrons. The summed E-state index contributed by atoms with van der Waals surface area (Å²) in [5, 5.41) is 6.17. The first-order valence-electron chi connectivity index (χ1n) is 4.63. The molecule has 0 bridgehead atoms. The van der Waals surface area contributed by atoms with Crippen LogP contribution >= 0.6 is 0 Å². The minimum atomic E-state index is -0.281. The van der Waals surface area contributed by atoms with Gasteiger partial charge in [-0.25, -0.2) is 4.79 Å². The Morgan fingerprint density at radius 3 is 2.40 bits per heavy atom. The Kier molecular flexibility index (Phi) is 2.97. The van der Waals surface area contributed by atoms with E-state index in [-0.39, 0.29) is 17.4 Å². The molecule has 1 N–H and O–H groups in total. The molecule has 0 saturated carbocycles. The number of nitrogens with zero attached hydrogens (tertiary/aromatic N) is 3. The van der Waals surface area contributed by atoms with Crippen molar-refractivity contribution in [2.75, 3.05) is 19.4 Å². The molecule has 0 aromatic carbocycles. The number of aromatic nitrogens is 2. The van der Waals surface area contributed by atoms with Gasteiger partial charge in [0, 0.05) is 19.5 Å². The number of hydrogen-bond donors (Lipinski definition) is 1. The fourth-order valence-corrected chi connectivity index (χ4v) is 0.786. The minimum absolute atomic E-state index is 0.193. The third-order valence-electron chi connectivity index (χ3n) is 1.69. The van der Waals surface area contributed by atoms with Crippen LogP contribution < -0.4 is 5.32 Å². The fourth-order valence-electron chi connectivity index (χ4n) is 0.786. The van der Waals surface area contributed by atoms with Crippen LogP contribution in [0, 0.1) is 0 Å². The Hall–Kier alpha value is -1.59. The summed E-state index contributed by atoms with van der Waals surface area (Å²) in [6, 6.07) is -0.281. The number of amides is 2. The molecule has 0 aliphatic heterocycles. The molecule has 0 fully saturated rings. The monoisotopic (exact) mass is 212 g/mol. The number of urea groups is 1. The molecule has 0 unspecified atom stereocenters. The van der Waals surface area contributed by atoms with Crippen molar-refractivity contribution in [1.82, 2.24) is 15.0 Å². The lowest BCUT2D eigenvalue weighted by Crippen LogP contribution is -2.27. The van der Waals surface area contributed by atoms with Crippen molar-refractivity contribution in [3.8, 4) is 0 Å². The second-order valence-corrected chi connectivity index (χ2v) is 4.50. The number of nitrogens with one attached hydrogen (secondary N) is 1. The van der Waals surface area contributed by atoms with Gasteiger partial charge >= 0.3 is 6.03 Å². The van der Waals surface area contributed by atoms with Crippen LogP contribution in [0.2, 0.25) is 0 Å². The molecule has 2 amide bonds. The summed E-state index contributed by atoms with van der Waals surface area (Å²) in [6.07, 6.45) is 0. The highest BCUT2D eigenvalue weighted by Crippen LogP contribution is 2.20. The molecule has 1 aromatic rings. The maximum atomic E-state index is 11.3. The molecule has 1 heterocycles. The van der Waals surface area contributed by atoms with Crippen molar-refractivity contribution in [2.24, 2.45) is 0 Å². The van der Waals surface area contributed by atoms with Crippen LogP contribution in [-0.2, 0) is 5.41 Å². The van der Waals surface area contributed by atoms with Crippen molar-refractivity contribution in [2.45, 2.75) is 26.2 Å². The summed E-state index contributed by atoms with van der Waals surface area (Å²) in [7, 11) is 3.28. The van der Waals surface area contributed by atoms with E-state index in [0.717, 1.165) is 0 Å². The molecule has 0 aliphatic carbocycles.